The molecule has 0 bridgehead atoms. The Balaban J connectivity index is 2.48. The molecule has 0 saturated heterocycles. The van der Waals surface area contributed by atoms with Gasteiger partial charge in [-0.25, -0.2) is 0 Å². The highest BCUT2D eigenvalue weighted by Crippen LogP contribution is 2.51. The molecule has 1 rings (SSSR count). The lowest BCUT2D eigenvalue weighted by Gasteiger charge is -1.97. The van der Waals surface area contributed by atoms with Gasteiger partial charge < -0.3 is 5.73 Å². The van der Waals surface area contributed by atoms with E-state index >= 15 is 0 Å². The second-order valence-electron chi connectivity index (χ2n) is 3.20. The zero-order valence-corrected chi connectivity index (χ0v) is 5.36. The van der Waals surface area contributed by atoms with Crippen LogP contribution < -0.4 is 5.73 Å². The fourth-order valence-corrected chi connectivity index (χ4v) is 0.998. The van der Waals surface area contributed by atoms with Crippen molar-refractivity contribution in [3.63, 3.8) is 0 Å². The first-order valence-corrected chi connectivity index (χ1v) is 2.88. The number of amidine groups is 1. The summed E-state index contributed by atoms with van der Waals surface area (Å²) in [7, 11) is 0. The molecule has 0 amide bonds. The first-order chi connectivity index (χ1) is 3.54. The first-order valence-electron chi connectivity index (χ1n) is 2.88. The van der Waals surface area contributed by atoms with Crippen molar-refractivity contribution in [1.82, 2.24) is 0 Å². The van der Waals surface area contributed by atoms with Crippen molar-refractivity contribution in [3.8, 4) is 0 Å². The minimum Gasteiger partial charge on any atom is -0.387 e. The predicted molar refractivity (Wildman–Crippen MR) is 33.8 cm³/mol. The third kappa shape index (κ3) is 0.703. The quantitative estimate of drug-likeness (QED) is 0.385. The monoisotopic (exact) mass is 112 g/mol. The van der Waals surface area contributed by atoms with E-state index in [4.69, 9.17) is 11.1 Å². The average molecular weight is 112 g/mol. The van der Waals surface area contributed by atoms with Crippen molar-refractivity contribution >= 4 is 5.84 Å². The molecule has 0 aromatic rings. The second-order valence-corrected chi connectivity index (χ2v) is 3.20. The minimum absolute atomic E-state index is 0.339. The van der Waals surface area contributed by atoms with Crippen LogP contribution in [0.2, 0.25) is 0 Å². The predicted octanol–water partition coefficient (Wildman–Crippen LogP) is 0.968. The zero-order valence-electron chi connectivity index (χ0n) is 5.36. The van der Waals surface area contributed by atoms with Crippen LogP contribution in [0, 0.1) is 16.7 Å². The lowest BCUT2D eigenvalue weighted by atomic mass is 10.1. The molecule has 0 aliphatic heterocycles. The molecule has 0 heterocycles. The molecule has 46 valence electrons. The molecule has 1 fully saturated rings. The van der Waals surface area contributed by atoms with Gasteiger partial charge in [-0.3, -0.25) is 5.41 Å². The maximum absolute atomic E-state index is 7.04. The number of nitrogens with one attached hydrogen (secondary N) is 1. The summed E-state index contributed by atoms with van der Waals surface area (Å²) in [6, 6.07) is 0. The van der Waals surface area contributed by atoms with Crippen LogP contribution in [0.1, 0.15) is 20.3 Å². The van der Waals surface area contributed by atoms with Gasteiger partial charge in [0.15, 0.2) is 0 Å². The Labute approximate surface area is 49.6 Å². The highest BCUT2D eigenvalue weighted by Gasteiger charge is 2.47. The molecule has 3 N–H and O–H groups in total. The smallest absolute Gasteiger partial charge is 0.0942 e. The van der Waals surface area contributed by atoms with Gasteiger partial charge in [-0.1, -0.05) is 13.8 Å². The lowest BCUT2D eigenvalue weighted by Crippen LogP contribution is -2.14. The molecular weight excluding hydrogens is 100 g/mol. The van der Waals surface area contributed by atoms with E-state index < -0.39 is 0 Å². The Kier molecular flexibility index (Phi) is 0.872. The Morgan fingerprint density at radius 1 is 1.75 bits per heavy atom. The summed E-state index contributed by atoms with van der Waals surface area (Å²) in [4.78, 5) is 0. The van der Waals surface area contributed by atoms with Crippen LogP contribution in [-0.2, 0) is 0 Å². The van der Waals surface area contributed by atoms with Gasteiger partial charge in [0.2, 0.25) is 0 Å². The average Bonchev–Trinajstić information content (AvgIpc) is 2.13. The van der Waals surface area contributed by atoms with E-state index in [-0.39, 0.29) is 0 Å². The van der Waals surface area contributed by atoms with Crippen LogP contribution in [-0.4, -0.2) is 5.84 Å². The molecule has 1 unspecified atom stereocenters. The molecular formula is C6H12N2. The van der Waals surface area contributed by atoms with Crippen LogP contribution >= 0.6 is 0 Å². The fourth-order valence-electron chi connectivity index (χ4n) is 0.998. The van der Waals surface area contributed by atoms with Crippen molar-refractivity contribution in [3.05, 3.63) is 0 Å². The third-order valence-electron chi connectivity index (χ3n) is 1.89. The van der Waals surface area contributed by atoms with Crippen molar-refractivity contribution < 1.29 is 0 Å². The van der Waals surface area contributed by atoms with E-state index in [1.165, 1.54) is 0 Å². The molecule has 8 heavy (non-hydrogen) atoms. The summed E-state index contributed by atoms with van der Waals surface area (Å²) in [5.41, 5.74) is 5.60. The maximum atomic E-state index is 7.04. The molecule has 2 heteroatoms. The van der Waals surface area contributed by atoms with Crippen LogP contribution in [0.5, 0.6) is 0 Å². The molecule has 2 nitrogen and oxygen atoms in total. The summed E-state index contributed by atoms with van der Waals surface area (Å²) in [5.74, 6) is 0.734. The van der Waals surface area contributed by atoms with Gasteiger partial charge in [-0.15, -0.1) is 0 Å². The van der Waals surface area contributed by atoms with Gasteiger partial charge in [-0.05, 0) is 11.8 Å². The fraction of sp³-hybridized carbons (Fsp3) is 0.833. The van der Waals surface area contributed by atoms with E-state index in [0.29, 0.717) is 17.2 Å². The summed E-state index contributed by atoms with van der Waals surface area (Å²) < 4.78 is 0. The Bertz CT molecular complexity index is 126. The van der Waals surface area contributed by atoms with E-state index in [1.807, 2.05) is 0 Å². The highest BCUT2D eigenvalue weighted by molar-refractivity contribution is 5.83. The number of rotatable bonds is 1. The number of hydrogen-bond acceptors (Lipinski definition) is 1. The summed E-state index contributed by atoms with van der Waals surface area (Å²) in [6.45, 7) is 4.28. The number of nitrogens with two attached hydrogens (primary N) is 1. The van der Waals surface area contributed by atoms with Crippen molar-refractivity contribution in [2.24, 2.45) is 17.1 Å². The number of hydrogen-bond donors (Lipinski definition) is 2. The topological polar surface area (TPSA) is 49.9 Å². The van der Waals surface area contributed by atoms with Crippen LogP contribution in [0.15, 0.2) is 0 Å². The lowest BCUT2D eigenvalue weighted by molar-refractivity contribution is 0.619. The van der Waals surface area contributed by atoms with Crippen molar-refractivity contribution in [1.29, 1.82) is 5.41 Å². The van der Waals surface area contributed by atoms with Gasteiger partial charge in [0.05, 0.1) is 5.84 Å². The van der Waals surface area contributed by atoms with E-state index in [0.717, 1.165) is 6.42 Å². The minimum atomic E-state index is 0.339. The molecule has 1 aliphatic rings. The Morgan fingerprint density at radius 3 is 2.12 bits per heavy atom. The van der Waals surface area contributed by atoms with Crippen LogP contribution in [0.4, 0.5) is 0 Å². The van der Waals surface area contributed by atoms with Gasteiger partial charge in [0.1, 0.15) is 0 Å². The van der Waals surface area contributed by atoms with Gasteiger partial charge in [0.25, 0.3) is 0 Å². The third-order valence-corrected chi connectivity index (χ3v) is 1.89. The molecule has 1 saturated carbocycles. The summed E-state index contributed by atoms with van der Waals surface area (Å²) >= 11 is 0. The largest absolute Gasteiger partial charge is 0.387 e. The highest BCUT2D eigenvalue weighted by atomic mass is 14.8. The molecule has 1 aliphatic carbocycles. The van der Waals surface area contributed by atoms with E-state index in [1.54, 1.807) is 0 Å². The summed E-state index contributed by atoms with van der Waals surface area (Å²) in [5, 5.41) is 7.04. The second kappa shape index (κ2) is 1.24. The van der Waals surface area contributed by atoms with Gasteiger partial charge in [-0.2, -0.15) is 0 Å². The first kappa shape index (κ1) is 5.60. The molecule has 0 radical (unpaired) electrons. The molecule has 0 aromatic carbocycles. The molecule has 0 spiro atoms. The van der Waals surface area contributed by atoms with Crippen molar-refractivity contribution in [2.45, 2.75) is 20.3 Å². The SMILES string of the molecule is CC1(C)CC1C(=N)N. The van der Waals surface area contributed by atoms with E-state index in [9.17, 15) is 0 Å². The van der Waals surface area contributed by atoms with Crippen LogP contribution in [0.3, 0.4) is 0 Å². The van der Waals surface area contributed by atoms with Gasteiger partial charge in [0, 0.05) is 5.92 Å². The zero-order chi connectivity index (χ0) is 6.36. The standard InChI is InChI=1S/C6H12N2/c1-6(2)3-4(6)5(7)8/h4H,3H2,1-2H3,(H3,7,8). The van der Waals surface area contributed by atoms with Crippen molar-refractivity contribution in [2.75, 3.05) is 0 Å². The Hall–Kier alpha value is -0.530. The molecule has 1 atom stereocenters. The Morgan fingerprint density at radius 2 is 2.12 bits per heavy atom. The maximum Gasteiger partial charge on any atom is 0.0942 e. The molecule has 0 aromatic heterocycles. The normalized spacial score (nSPS) is 32.0. The van der Waals surface area contributed by atoms with E-state index in [2.05, 4.69) is 13.8 Å². The van der Waals surface area contributed by atoms with Gasteiger partial charge >= 0.3 is 0 Å². The summed E-state index contributed by atoms with van der Waals surface area (Å²) in [6.07, 6.45) is 1.10. The van der Waals surface area contributed by atoms with Crippen LogP contribution in [0.25, 0.3) is 0 Å².